The van der Waals surface area contributed by atoms with Gasteiger partial charge in [0, 0.05) is 31.0 Å². The number of aryl methyl sites for hydroxylation is 1. The molecule has 0 atom stereocenters. The maximum absolute atomic E-state index is 5.99. The normalized spacial score (nSPS) is 10.7. The van der Waals surface area contributed by atoms with Crippen molar-refractivity contribution in [3.63, 3.8) is 0 Å². The van der Waals surface area contributed by atoms with E-state index in [1.807, 2.05) is 19.2 Å². The zero-order valence-electron chi connectivity index (χ0n) is 12.7. The van der Waals surface area contributed by atoms with Gasteiger partial charge >= 0.3 is 0 Å². The van der Waals surface area contributed by atoms with Gasteiger partial charge in [-0.25, -0.2) is 9.97 Å². The van der Waals surface area contributed by atoms with Crippen LogP contribution in [0.2, 0.25) is 4.34 Å². The molecule has 6 heteroatoms. The van der Waals surface area contributed by atoms with Gasteiger partial charge < -0.3 is 10.2 Å². The minimum absolute atomic E-state index is 0.797. The van der Waals surface area contributed by atoms with E-state index in [2.05, 4.69) is 40.1 Å². The van der Waals surface area contributed by atoms with Crippen LogP contribution in [0.4, 0.5) is 11.6 Å². The third-order valence-corrected chi connectivity index (χ3v) is 4.22. The number of aromatic nitrogens is 2. The van der Waals surface area contributed by atoms with Gasteiger partial charge in [-0.3, -0.25) is 0 Å². The molecule has 2 heterocycles. The Labute approximate surface area is 135 Å². The smallest absolute Gasteiger partial charge is 0.134 e. The molecule has 0 saturated carbocycles. The Bertz CT molecular complexity index is 561. The van der Waals surface area contributed by atoms with Crippen molar-refractivity contribution >= 4 is 34.6 Å². The minimum atomic E-state index is 0.797. The summed E-state index contributed by atoms with van der Waals surface area (Å²) in [6, 6.07) is 5.99. The molecule has 0 aliphatic rings. The molecule has 114 valence electrons. The van der Waals surface area contributed by atoms with Crippen LogP contribution in [-0.4, -0.2) is 23.6 Å². The fraction of sp³-hybridized carbons (Fsp3) is 0.467. The molecule has 0 aliphatic heterocycles. The molecular formula is C15H21ClN4S. The van der Waals surface area contributed by atoms with Gasteiger partial charge in [0.1, 0.15) is 17.5 Å². The van der Waals surface area contributed by atoms with Gasteiger partial charge in [0.25, 0.3) is 0 Å². The highest BCUT2D eigenvalue weighted by Crippen LogP contribution is 2.24. The van der Waals surface area contributed by atoms with Crippen LogP contribution < -0.4 is 10.2 Å². The minimum Gasteiger partial charge on any atom is -0.370 e. The Morgan fingerprint density at radius 1 is 1.29 bits per heavy atom. The summed E-state index contributed by atoms with van der Waals surface area (Å²) in [6.45, 7) is 5.86. The molecule has 2 aromatic heterocycles. The Kier molecular flexibility index (Phi) is 5.82. The summed E-state index contributed by atoms with van der Waals surface area (Å²) < 4.78 is 0.820. The lowest BCUT2D eigenvalue weighted by Crippen LogP contribution is -2.18. The second-order valence-corrected chi connectivity index (χ2v) is 6.67. The van der Waals surface area contributed by atoms with Crippen LogP contribution in [0.15, 0.2) is 18.2 Å². The monoisotopic (exact) mass is 324 g/mol. The maximum atomic E-state index is 5.99. The molecule has 1 N–H and O–H groups in total. The van der Waals surface area contributed by atoms with E-state index in [9.17, 15) is 0 Å². The largest absolute Gasteiger partial charge is 0.370 e. The molecule has 0 amide bonds. The van der Waals surface area contributed by atoms with E-state index in [1.165, 1.54) is 4.88 Å². The fourth-order valence-corrected chi connectivity index (χ4v) is 3.18. The average Bonchev–Trinajstić information content (AvgIpc) is 2.84. The summed E-state index contributed by atoms with van der Waals surface area (Å²) in [6.07, 6.45) is 1.93. The molecule has 0 aromatic carbocycles. The number of halogens is 1. The third kappa shape index (κ3) is 4.58. The molecule has 0 aliphatic carbocycles. The van der Waals surface area contributed by atoms with Crippen molar-refractivity contribution in [2.75, 3.05) is 23.8 Å². The summed E-state index contributed by atoms with van der Waals surface area (Å²) >= 11 is 7.59. The summed E-state index contributed by atoms with van der Waals surface area (Å²) in [5.41, 5.74) is 0. The number of thiophene rings is 1. The Morgan fingerprint density at radius 3 is 2.71 bits per heavy atom. The van der Waals surface area contributed by atoms with E-state index in [1.54, 1.807) is 11.3 Å². The Balaban J connectivity index is 2.19. The first kappa shape index (κ1) is 16.0. The molecular weight excluding hydrogens is 304 g/mol. The molecule has 0 radical (unpaired) electrons. The predicted molar refractivity (Wildman–Crippen MR) is 91.6 cm³/mol. The molecule has 21 heavy (non-hydrogen) atoms. The van der Waals surface area contributed by atoms with Gasteiger partial charge in [-0.05, 0) is 25.5 Å². The molecule has 0 saturated heterocycles. The first-order valence-corrected chi connectivity index (χ1v) is 8.39. The zero-order chi connectivity index (χ0) is 15.2. The average molecular weight is 325 g/mol. The lowest BCUT2D eigenvalue weighted by molar-refractivity contribution is 0.814. The lowest BCUT2D eigenvalue weighted by atomic mass is 10.3. The number of rotatable bonds is 7. The fourth-order valence-electron chi connectivity index (χ4n) is 2.04. The van der Waals surface area contributed by atoms with Crippen LogP contribution in [0.5, 0.6) is 0 Å². The van der Waals surface area contributed by atoms with Crippen LogP contribution in [0.3, 0.4) is 0 Å². The van der Waals surface area contributed by atoms with Gasteiger partial charge in [0.05, 0.1) is 10.9 Å². The third-order valence-electron chi connectivity index (χ3n) is 3.00. The molecule has 2 aromatic rings. The maximum Gasteiger partial charge on any atom is 0.134 e. The second-order valence-electron chi connectivity index (χ2n) is 4.87. The first-order valence-electron chi connectivity index (χ1n) is 7.19. The Hall–Kier alpha value is -1.33. The van der Waals surface area contributed by atoms with Crippen LogP contribution in [-0.2, 0) is 13.0 Å². The second kappa shape index (κ2) is 7.61. The molecule has 2 rings (SSSR count). The predicted octanol–water partition coefficient (Wildman–Crippen LogP) is 4.21. The summed E-state index contributed by atoms with van der Waals surface area (Å²) in [5, 5.41) is 3.27. The van der Waals surface area contributed by atoms with Crippen molar-refractivity contribution in [2.45, 2.75) is 33.2 Å². The molecule has 4 nitrogen and oxygen atoms in total. The van der Waals surface area contributed by atoms with Gasteiger partial charge in [-0.1, -0.05) is 18.5 Å². The highest BCUT2D eigenvalue weighted by molar-refractivity contribution is 7.16. The highest BCUT2D eigenvalue weighted by atomic mass is 35.5. The first-order chi connectivity index (χ1) is 10.1. The van der Waals surface area contributed by atoms with E-state index in [-0.39, 0.29) is 0 Å². The van der Waals surface area contributed by atoms with E-state index in [0.717, 1.165) is 47.7 Å². The van der Waals surface area contributed by atoms with Crippen molar-refractivity contribution in [3.8, 4) is 0 Å². The Morgan fingerprint density at radius 2 is 2.10 bits per heavy atom. The standard InChI is InChI=1S/C15H21ClN4S/c1-4-6-13-18-14(17-5-2)9-15(19-13)20(3)10-11-7-8-12(16)21-11/h7-9H,4-6,10H2,1-3H3,(H,17,18,19). The topological polar surface area (TPSA) is 41.1 Å². The summed E-state index contributed by atoms with van der Waals surface area (Å²) in [5.74, 6) is 2.72. The van der Waals surface area contributed by atoms with E-state index in [4.69, 9.17) is 11.6 Å². The van der Waals surface area contributed by atoms with Crippen molar-refractivity contribution in [2.24, 2.45) is 0 Å². The van der Waals surface area contributed by atoms with Gasteiger partial charge in [-0.15, -0.1) is 11.3 Å². The molecule has 0 bridgehead atoms. The summed E-state index contributed by atoms with van der Waals surface area (Å²) in [4.78, 5) is 12.5. The van der Waals surface area contributed by atoms with Crippen LogP contribution in [0, 0.1) is 0 Å². The molecule has 0 fully saturated rings. The SMILES string of the molecule is CCCc1nc(NCC)cc(N(C)Cc2ccc(Cl)s2)n1. The van der Waals surface area contributed by atoms with Crippen LogP contribution in [0.1, 0.15) is 31.0 Å². The number of anilines is 2. The highest BCUT2D eigenvalue weighted by Gasteiger charge is 2.10. The lowest BCUT2D eigenvalue weighted by Gasteiger charge is -2.19. The summed E-state index contributed by atoms with van der Waals surface area (Å²) in [7, 11) is 2.04. The quantitative estimate of drug-likeness (QED) is 0.828. The van der Waals surface area contributed by atoms with E-state index < -0.39 is 0 Å². The van der Waals surface area contributed by atoms with Crippen molar-refractivity contribution in [3.05, 3.63) is 33.2 Å². The number of hydrogen-bond donors (Lipinski definition) is 1. The van der Waals surface area contributed by atoms with Crippen molar-refractivity contribution in [1.82, 2.24) is 9.97 Å². The van der Waals surface area contributed by atoms with Crippen LogP contribution >= 0.6 is 22.9 Å². The van der Waals surface area contributed by atoms with E-state index in [0.29, 0.717) is 0 Å². The van der Waals surface area contributed by atoms with Crippen molar-refractivity contribution < 1.29 is 0 Å². The van der Waals surface area contributed by atoms with Crippen LogP contribution in [0.25, 0.3) is 0 Å². The van der Waals surface area contributed by atoms with Gasteiger partial charge in [-0.2, -0.15) is 0 Å². The number of hydrogen-bond acceptors (Lipinski definition) is 5. The van der Waals surface area contributed by atoms with E-state index >= 15 is 0 Å². The van der Waals surface area contributed by atoms with Gasteiger partial charge in [0.15, 0.2) is 0 Å². The number of nitrogens with one attached hydrogen (secondary N) is 1. The molecule has 0 unspecified atom stereocenters. The molecule has 0 spiro atoms. The number of nitrogens with zero attached hydrogens (tertiary/aromatic N) is 3. The van der Waals surface area contributed by atoms with Gasteiger partial charge in [0.2, 0.25) is 0 Å². The van der Waals surface area contributed by atoms with Crippen molar-refractivity contribution in [1.29, 1.82) is 0 Å². The zero-order valence-corrected chi connectivity index (χ0v) is 14.3.